The third kappa shape index (κ3) is 7.24. The van der Waals surface area contributed by atoms with Crippen molar-refractivity contribution in [2.45, 2.75) is 12.5 Å². The molecular formula is C22H24F4N4O4S. The van der Waals surface area contributed by atoms with Crippen molar-refractivity contribution in [3.05, 3.63) is 58.3 Å². The average molecular weight is 517 g/mol. The molecule has 1 aliphatic heterocycles. The van der Waals surface area contributed by atoms with Gasteiger partial charge in [-0.25, -0.2) is 17.6 Å². The Bertz CT molecular complexity index is 1080. The van der Waals surface area contributed by atoms with Crippen molar-refractivity contribution in [1.82, 2.24) is 5.32 Å². The summed E-state index contributed by atoms with van der Waals surface area (Å²) >= 11 is 4.38. The molecule has 190 valence electrons. The molecule has 1 atom stereocenters. The predicted octanol–water partition coefficient (Wildman–Crippen LogP) is 2.64. The Morgan fingerprint density at radius 1 is 1.14 bits per heavy atom. The van der Waals surface area contributed by atoms with Gasteiger partial charge in [-0.05, 0) is 24.3 Å². The van der Waals surface area contributed by atoms with Crippen LogP contribution in [0.3, 0.4) is 0 Å². The first-order valence-corrected chi connectivity index (χ1v) is 11.0. The fourth-order valence-corrected chi connectivity index (χ4v) is 3.43. The minimum Gasteiger partial charge on any atom is -0.389 e. The zero-order valence-corrected chi connectivity index (χ0v) is 19.2. The number of alkyl halides is 2. The van der Waals surface area contributed by atoms with E-state index in [1.165, 1.54) is 18.2 Å². The van der Waals surface area contributed by atoms with Gasteiger partial charge < -0.3 is 25.4 Å². The number of morpholine rings is 1. The SMILES string of the molecule is O=c1ccc(Nc2c(F)cc(N(O)C[C@@H](O)CNC(=S)C(F)F)cc2F)ccc1N1CCOCC1. The van der Waals surface area contributed by atoms with Gasteiger partial charge in [-0.1, -0.05) is 12.2 Å². The minimum absolute atomic E-state index is 0.254. The molecule has 1 saturated heterocycles. The number of thiocarbonyl (C=S) groups is 1. The maximum Gasteiger partial charge on any atom is 0.288 e. The van der Waals surface area contributed by atoms with E-state index in [1.54, 1.807) is 6.07 Å². The van der Waals surface area contributed by atoms with Crippen molar-refractivity contribution in [3.8, 4) is 0 Å². The van der Waals surface area contributed by atoms with Crippen molar-refractivity contribution in [1.29, 1.82) is 0 Å². The fraction of sp³-hybridized carbons (Fsp3) is 0.364. The zero-order chi connectivity index (χ0) is 25.5. The maximum absolute atomic E-state index is 14.7. The molecule has 0 radical (unpaired) electrons. The van der Waals surface area contributed by atoms with Crippen molar-refractivity contribution in [3.63, 3.8) is 0 Å². The van der Waals surface area contributed by atoms with E-state index in [2.05, 4.69) is 22.9 Å². The van der Waals surface area contributed by atoms with Crippen molar-refractivity contribution >= 4 is 40.0 Å². The quantitative estimate of drug-likeness (QED) is 0.228. The van der Waals surface area contributed by atoms with Crippen LogP contribution in [-0.2, 0) is 4.74 Å². The van der Waals surface area contributed by atoms with Crippen LogP contribution in [-0.4, -0.2) is 67.2 Å². The summed E-state index contributed by atoms with van der Waals surface area (Å²) in [5.41, 5.74) is -0.385. The molecule has 0 aromatic heterocycles. The Hall–Kier alpha value is -3.00. The lowest BCUT2D eigenvalue weighted by atomic mass is 10.2. The number of aliphatic hydroxyl groups excluding tert-OH is 1. The van der Waals surface area contributed by atoms with E-state index in [9.17, 15) is 32.7 Å². The predicted molar refractivity (Wildman–Crippen MR) is 127 cm³/mol. The van der Waals surface area contributed by atoms with Crippen LogP contribution in [0.15, 0.2) is 41.2 Å². The molecule has 1 fully saturated rings. The second-order valence-electron chi connectivity index (χ2n) is 7.66. The molecule has 0 unspecified atom stereocenters. The van der Waals surface area contributed by atoms with Gasteiger partial charge in [0.2, 0.25) is 5.43 Å². The second kappa shape index (κ2) is 12.1. The van der Waals surface area contributed by atoms with E-state index < -0.39 is 47.9 Å². The van der Waals surface area contributed by atoms with Gasteiger partial charge in [-0.3, -0.25) is 15.1 Å². The lowest BCUT2D eigenvalue weighted by Gasteiger charge is -2.27. The number of benzene rings is 1. The number of hydrogen-bond donors (Lipinski definition) is 4. The molecular weight excluding hydrogens is 492 g/mol. The molecule has 13 heteroatoms. The van der Waals surface area contributed by atoms with Gasteiger partial charge in [-0.2, -0.15) is 0 Å². The van der Waals surface area contributed by atoms with Crippen LogP contribution in [0.1, 0.15) is 0 Å². The molecule has 1 heterocycles. The highest BCUT2D eigenvalue weighted by Crippen LogP contribution is 2.28. The van der Waals surface area contributed by atoms with Crippen LogP contribution in [0.5, 0.6) is 0 Å². The first kappa shape index (κ1) is 26.6. The van der Waals surface area contributed by atoms with Gasteiger partial charge in [0.25, 0.3) is 6.43 Å². The van der Waals surface area contributed by atoms with Gasteiger partial charge in [0.05, 0.1) is 37.2 Å². The number of aliphatic hydroxyl groups is 1. The molecule has 0 amide bonds. The van der Waals surface area contributed by atoms with Crippen LogP contribution in [0.25, 0.3) is 0 Å². The van der Waals surface area contributed by atoms with Gasteiger partial charge in [0, 0.05) is 37.5 Å². The summed E-state index contributed by atoms with van der Waals surface area (Å²) in [5.74, 6) is -2.10. The summed E-state index contributed by atoms with van der Waals surface area (Å²) in [6.07, 6.45) is -4.27. The van der Waals surface area contributed by atoms with E-state index in [4.69, 9.17) is 4.74 Å². The van der Waals surface area contributed by atoms with E-state index in [1.807, 2.05) is 4.90 Å². The van der Waals surface area contributed by atoms with E-state index in [0.29, 0.717) is 37.1 Å². The van der Waals surface area contributed by atoms with E-state index in [0.717, 1.165) is 12.1 Å². The number of hydroxylamine groups is 1. The molecule has 0 bridgehead atoms. The van der Waals surface area contributed by atoms with Crippen molar-refractivity contribution in [2.75, 3.05) is 54.7 Å². The zero-order valence-electron chi connectivity index (χ0n) is 18.4. The number of halogens is 4. The Labute approximate surface area is 203 Å². The molecule has 1 aliphatic rings. The summed E-state index contributed by atoms with van der Waals surface area (Å²) in [7, 11) is 0. The van der Waals surface area contributed by atoms with Crippen molar-refractivity contribution in [2.24, 2.45) is 0 Å². The summed E-state index contributed by atoms with van der Waals surface area (Å²) in [6, 6.07) is 7.43. The van der Waals surface area contributed by atoms with E-state index >= 15 is 0 Å². The molecule has 0 saturated carbocycles. The Morgan fingerprint density at radius 2 is 1.77 bits per heavy atom. The second-order valence-corrected chi connectivity index (χ2v) is 8.10. The molecule has 8 nitrogen and oxygen atoms in total. The van der Waals surface area contributed by atoms with Gasteiger partial charge in [0.15, 0.2) is 11.6 Å². The minimum atomic E-state index is -2.90. The number of nitrogens with zero attached hydrogens (tertiary/aromatic N) is 2. The maximum atomic E-state index is 14.7. The average Bonchev–Trinajstić information content (AvgIpc) is 3.01. The topological polar surface area (TPSA) is 97.3 Å². The Balaban J connectivity index is 1.70. The molecule has 35 heavy (non-hydrogen) atoms. The lowest BCUT2D eigenvalue weighted by Crippen LogP contribution is -2.40. The lowest BCUT2D eigenvalue weighted by molar-refractivity contribution is 0.122. The first-order chi connectivity index (χ1) is 16.7. The van der Waals surface area contributed by atoms with E-state index in [-0.39, 0.29) is 16.8 Å². The highest BCUT2D eigenvalue weighted by Gasteiger charge is 2.19. The summed E-state index contributed by atoms with van der Waals surface area (Å²) in [5, 5.41) is 25.0. The van der Waals surface area contributed by atoms with Gasteiger partial charge in [-0.15, -0.1) is 0 Å². The van der Waals surface area contributed by atoms with Crippen LogP contribution < -0.4 is 26.0 Å². The summed E-state index contributed by atoms with van der Waals surface area (Å²) in [4.78, 5) is 13.5. The van der Waals surface area contributed by atoms with Crippen molar-refractivity contribution < 1.29 is 32.6 Å². The van der Waals surface area contributed by atoms with Crippen LogP contribution >= 0.6 is 12.2 Å². The number of anilines is 4. The molecule has 0 aliphatic carbocycles. The molecule has 4 N–H and O–H groups in total. The molecule has 2 aromatic rings. The van der Waals surface area contributed by atoms with Gasteiger partial charge in [0.1, 0.15) is 10.7 Å². The van der Waals surface area contributed by atoms with Crippen LogP contribution in [0, 0.1) is 11.6 Å². The third-order valence-electron chi connectivity index (χ3n) is 5.13. The third-order valence-corrected chi connectivity index (χ3v) is 5.45. The Morgan fingerprint density at radius 3 is 2.40 bits per heavy atom. The van der Waals surface area contributed by atoms with Crippen LogP contribution in [0.4, 0.5) is 40.3 Å². The first-order valence-electron chi connectivity index (χ1n) is 10.6. The number of nitrogens with one attached hydrogen (secondary N) is 2. The largest absolute Gasteiger partial charge is 0.389 e. The highest BCUT2D eigenvalue weighted by molar-refractivity contribution is 7.80. The summed E-state index contributed by atoms with van der Waals surface area (Å²) < 4.78 is 59.4. The molecule has 3 rings (SSSR count). The normalized spacial score (nSPS) is 14.5. The highest BCUT2D eigenvalue weighted by atomic mass is 32.1. The monoisotopic (exact) mass is 516 g/mol. The summed E-state index contributed by atoms with van der Waals surface area (Å²) in [6.45, 7) is 1.15. The molecule has 2 aromatic carbocycles. The van der Waals surface area contributed by atoms with Crippen LogP contribution in [0.2, 0.25) is 0 Å². The smallest absolute Gasteiger partial charge is 0.288 e. The number of hydrogen-bond acceptors (Lipinski definition) is 8. The fourth-order valence-electron chi connectivity index (χ4n) is 3.34. The Kier molecular flexibility index (Phi) is 9.20. The molecule has 0 spiro atoms. The standard InChI is InChI=1S/C22H24F4N4O4S/c23-16-9-14(30(33)12-15(31)11-27-22(35)21(25)26)10-17(24)20(16)28-13-1-3-18(19(32)4-2-13)29-5-7-34-8-6-29/h1-4,9-10,15,21,28,31,33H,5-8,11-12H2,(H,27,35)/t15-/m0/s1. The number of ether oxygens (including phenoxy) is 1. The number of rotatable bonds is 9. The van der Waals surface area contributed by atoms with Gasteiger partial charge >= 0.3 is 0 Å².